The highest BCUT2D eigenvalue weighted by molar-refractivity contribution is 8.04. The second-order valence-electron chi connectivity index (χ2n) is 8.51. The maximum absolute atomic E-state index is 13.2. The molecule has 2 heterocycles. The smallest absolute Gasteiger partial charge is 0.342 e. The SMILES string of the molecule is COc1ccc(Cl)cc1-c1nc(S/C(=C\c2cn(CC(=O)Nc3ccc(F)cc3)c3ccccc23)C(=O)O)n[nH]1. The number of carboxylic acids is 1. The number of aromatic nitrogens is 4. The fourth-order valence-electron chi connectivity index (χ4n) is 4.06. The largest absolute Gasteiger partial charge is 0.496 e. The average Bonchev–Trinajstić information content (AvgIpc) is 3.54. The van der Waals surface area contributed by atoms with E-state index >= 15 is 0 Å². The van der Waals surface area contributed by atoms with E-state index in [-0.39, 0.29) is 22.5 Å². The number of para-hydroxylation sites is 1. The van der Waals surface area contributed by atoms with Gasteiger partial charge in [0.05, 0.1) is 12.7 Å². The zero-order valence-electron chi connectivity index (χ0n) is 20.9. The number of nitrogens with zero attached hydrogens (tertiary/aromatic N) is 3. The number of anilines is 1. The molecule has 0 aliphatic heterocycles. The normalized spacial score (nSPS) is 11.5. The molecule has 0 radical (unpaired) electrons. The third-order valence-corrected chi connectivity index (χ3v) is 6.95. The van der Waals surface area contributed by atoms with Crippen molar-refractivity contribution in [2.24, 2.45) is 0 Å². The first kappa shape index (κ1) is 27.0. The molecule has 2 aromatic heterocycles. The second kappa shape index (κ2) is 11.6. The molecule has 202 valence electrons. The summed E-state index contributed by atoms with van der Waals surface area (Å²) in [7, 11) is 1.52. The van der Waals surface area contributed by atoms with E-state index in [0.717, 1.165) is 22.7 Å². The number of aliphatic carboxylic acids is 1. The molecule has 0 fully saturated rings. The zero-order chi connectivity index (χ0) is 28.2. The van der Waals surface area contributed by atoms with Crippen molar-refractivity contribution in [2.45, 2.75) is 11.7 Å². The van der Waals surface area contributed by atoms with E-state index < -0.39 is 11.8 Å². The zero-order valence-corrected chi connectivity index (χ0v) is 22.5. The lowest BCUT2D eigenvalue weighted by Gasteiger charge is -2.07. The highest BCUT2D eigenvalue weighted by Gasteiger charge is 2.18. The van der Waals surface area contributed by atoms with Crippen molar-refractivity contribution in [3.05, 3.63) is 94.2 Å². The highest BCUT2D eigenvalue weighted by atomic mass is 35.5. The molecule has 0 bridgehead atoms. The monoisotopic (exact) mass is 577 g/mol. The van der Waals surface area contributed by atoms with Crippen LogP contribution in [-0.4, -0.2) is 43.8 Å². The number of methoxy groups -OCH3 is 1. The quantitative estimate of drug-likeness (QED) is 0.143. The van der Waals surface area contributed by atoms with Crippen LogP contribution in [0.2, 0.25) is 5.02 Å². The van der Waals surface area contributed by atoms with Crippen LogP contribution in [0.4, 0.5) is 10.1 Å². The fraction of sp³-hybridized carbons (Fsp3) is 0.0714. The van der Waals surface area contributed by atoms with Gasteiger partial charge in [0.15, 0.2) is 5.82 Å². The van der Waals surface area contributed by atoms with Gasteiger partial charge in [0.25, 0.3) is 0 Å². The van der Waals surface area contributed by atoms with E-state index in [0.29, 0.717) is 33.4 Å². The van der Waals surface area contributed by atoms with Crippen molar-refractivity contribution in [1.82, 2.24) is 19.7 Å². The lowest BCUT2D eigenvalue weighted by molar-refractivity contribution is -0.131. The number of rotatable bonds is 9. The molecule has 0 atom stereocenters. The average molecular weight is 578 g/mol. The molecule has 5 aromatic rings. The Morgan fingerprint density at radius 2 is 1.95 bits per heavy atom. The molecular formula is C28H21ClFN5O4S. The van der Waals surface area contributed by atoms with Crippen LogP contribution in [0.15, 0.2) is 83.0 Å². The molecule has 0 aliphatic carbocycles. The van der Waals surface area contributed by atoms with Crippen molar-refractivity contribution in [3.8, 4) is 17.1 Å². The predicted octanol–water partition coefficient (Wildman–Crippen LogP) is 6.08. The van der Waals surface area contributed by atoms with Crippen molar-refractivity contribution >= 4 is 57.9 Å². The van der Waals surface area contributed by atoms with Crippen molar-refractivity contribution < 1.29 is 23.8 Å². The van der Waals surface area contributed by atoms with Gasteiger partial charge in [-0.25, -0.2) is 14.2 Å². The van der Waals surface area contributed by atoms with Crippen molar-refractivity contribution in [2.75, 3.05) is 12.4 Å². The number of fused-ring (bicyclic) bond motifs is 1. The topological polar surface area (TPSA) is 122 Å². The van der Waals surface area contributed by atoms with Crippen LogP contribution in [0.25, 0.3) is 28.4 Å². The number of aromatic amines is 1. The molecule has 3 aromatic carbocycles. The number of thioether (sulfide) groups is 1. The Morgan fingerprint density at radius 3 is 2.70 bits per heavy atom. The van der Waals surface area contributed by atoms with Gasteiger partial charge >= 0.3 is 5.97 Å². The van der Waals surface area contributed by atoms with Crippen molar-refractivity contribution in [3.63, 3.8) is 0 Å². The number of carbonyl (C=O) groups is 2. The summed E-state index contributed by atoms with van der Waals surface area (Å²) in [6, 6.07) is 17.9. The highest BCUT2D eigenvalue weighted by Crippen LogP contribution is 2.34. The Labute approximate surface area is 236 Å². The number of H-pyrrole nitrogens is 1. The molecule has 1 amide bonds. The Kier molecular flexibility index (Phi) is 7.85. The molecule has 0 aliphatic rings. The van der Waals surface area contributed by atoms with Crippen LogP contribution < -0.4 is 10.1 Å². The molecule has 0 saturated heterocycles. The van der Waals surface area contributed by atoms with E-state index in [1.54, 1.807) is 29.0 Å². The standard InChI is InChI=1S/C28H21ClFN5O4S/c1-39-23-11-6-17(29)13-21(23)26-32-28(34-33-26)40-24(27(37)38)12-16-14-35(22-5-3-2-4-20(16)22)15-25(36)31-19-9-7-18(30)8-10-19/h2-14H,15H2,1H3,(H,31,36)(H,37,38)(H,32,33,34)/b24-12-. The number of carboxylic acid groups (broad SMARTS) is 1. The van der Waals surface area contributed by atoms with Gasteiger partial charge in [-0.05, 0) is 66.4 Å². The van der Waals surface area contributed by atoms with E-state index in [9.17, 15) is 19.1 Å². The minimum atomic E-state index is -1.16. The summed E-state index contributed by atoms with van der Waals surface area (Å²) >= 11 is 7.00. The summed E-state index contributed by atoms with van der Waals surface area (Å²) in [5.74, 6) is -0.982. The maximum Gasteiger partial charge on any atom is 0.342 e. The number of carbonyl (C=O) groups excluding carboxylic acids is 1. The Hall–Kier alpha value is -4.61. The molecule has 0 saturated carbocycles. The lowest BCUT2D eigenvalue weighted by atomic mass is 10.1. The van der Waals surface area contributed by atoms with Crippen molar-refractivity contribution in [1.29, 1.82) is 0 Å². The predicted molar refractivity (Wildman–Crippen MR) is 152 cm³/mol. The number of nitrogens with one attached hydrogen (secondary N) is 2. The van der Waals surface area contributed by atoms with Gasteiger partial charge in [-0.1, -0.05) is 29.8 Å². The molecule has 5 rings (SSSR count). The molecule has 9 nitrogen and oxygen atoms in total. The molecular weight excluding hydrogens is 557 g/mol. The van der Waals surface area contributed by atoms with Gasteiger partial charge < -0.3 is 19.7 Å². The van der Waals surface area contributed by atoms with E-state index in [2.05, 4.69) is 20.5 Å². The van der Waals surface area contributed by atoms with Crippen LogP contribution in [0, 0.1) is 5.82 Å². The summed E-state index contributed by atoms with van der Waals surface area (Å²) in [6.45, 7) is -0.0347. The van der Waals surface area contributed by atoms with Crippen LogP contribution >= 0.6 is 23.4 Å². The number of benzene rings is 3. The second-order valence-corrected chi connectivity index (χ2v) is 9.96. The third-order valence-electron chi connectivity index (χ3n) is 5.84. The summed E-state index contributed by atoms with van der Waals surface area (Å²) in [5.41, 5.74) is 2.39. The summed E-state index contributed by atoms with van der Waals surface area (Å²) in [6.07, 6.45) is 3.22. The van der Waals surface area contributed by atoms with Gasteiger partial charge in [-0.2, -0.15) is 0 Å². The molecule has 0 unspecified atom stereocenters. The summed E-state index contributed by atoms with van der Waals surface area (Å²) < 4.78 is 20.3. The Bertz CT molecular complexity index is 1750. The minimum Gasteiger partial charge on any atom is -0.496 e. The van der Waals surface area contributed by atoms with Gasteiger partial charge in [0.2, 0.25) is 11.1 Å². The van der Waals surface area contributed by atoms with E-state index in [4.69, 9.17) is 16.3 Å². The fourth-order valence-corrected chi connectivity index (χ4v) is 4.93. The van der Waals surface area contributed by atoms with Gasteiger partial charge in [-0.3, -0.25) is 9.89 Å². The third kappa shape index (κ3) is 6.00. The van der Waals surface area contributed by atoms with Crippen LogP contribution in [-0.2, 0) is 16.1 Å². The van der Waals surface area contributed by atoms with Crippen LogP contribution in [0.5, 0.6) is 5.75 Å². The van der Waals surface area contributed by atoms with Gasteiger partial charge in [-0.15, -0.1) is 5.10 Å². The van der Waals surface area contributed by atoms with E-state index in [1.165, 1.54) is 37.5 Å². The minimum absolute atomic E-state index is 0.0257. The number of ether oxygens (including phenoxy) is 1. The lowest BCUT2D eigenvalue weighted by Crippen LogP contribution is -2.18. The van der Waals surface area contributed by atoms with Crippen LogP contribution in [0.1, 0.15) is 5.56 Å². The van der Waals surface area contributed by atoms with Gasteiger partial charge in [0.1, 0.15) is 23.0 Å². The Balaban J connectivity index is 1.41. The molecule has 12 heteroatoms. The maximum atomic E-state index is 13.2. The first-order chi connectivity index (χ1) is 19.3. The number of hydrogen-bond donors (Lipinski definition) is 3. The summed E-state index contributed by atoms with van der Waals surface area (Å²) in [4.78, 5) is 29.3. The Morgan fingerprint density at radius 1 is 1.18 bits per heavy atom. The number of amides is 1. The first-order valence-electron chi connectivity index (χ1n) is 11.8. The van der Waals surface area contributed by atoms with Crippen LogP contribution in [0.3, 0.4) is 0 Å². The van der Waals surface area contributed by atoms with E-state index in [1.807, 2.05) is 24.3 Å². The molecule has 40 heavy (non-hydrogen) atoms. The van der Waals surface area contributed by atoms with Gasteiger partial charge in [0, 0.05) is 33.4 Å². The number of hydrogen-bond acceptors (Lipinski definition) is 6. The molecule has 0 spiro atoms. The summed E-state index contributed by atoms with van der Waals surface area (Å²) in [5, 5.41) is 21.1. The number of halogens is 2. The first-order valence-corrected chi connectivity index (χ1v) is 13.0. The molecule has 3 N–H and O–H groups in total.